The summed E-state index contributed by atoms with van der Waals surface area (Å²) in [7, 11) is 0. The highest BCUT2D eigenvalue weighted by atomic mass is 16.4. The monoisotopic (exact) mass is 296 g/mol. The second-order valence-electron chi connectivity index (χ2n) is 5.39. The minimum absolute atomic E-state index is 0.302. The van der Waals surface area contributed by atoms with Crippen LogP contribution in [-0.2, 0) is 9.59 Å². The number of carboxylic acids is 2. The maximum atomic E-state index is 10.3. The first kappa shape index (κ1) is 19.5. The molecule has 0 fully saturated rings. The van der Waals surface area contributed by atoms with Crippen LogP contribution in [0.5, 0.6) is 0 Å². The van der Waals surface area contributed by atoms with Crippen molar-refractivity contribution in [3.63, 3.8) is 0 Å². The quantitative estimate of drug-likeness (QED) is 0.394. The van der Waals surface area contributed by atoms with E-state index in [1.54, 1.807) is 0 Å². The molecule has 0 atom stereocenters. The Balaban J connectivity index is 3.08. The van der Waals surface area contributed by atoms with Gasteiger partial charge < -0.3 is 10.2 Å². The normalized spacial score (nSPS) is 9.90. The van der Waals surface area contributed by atoms with Crippen molar-refractivity contribution >= 4 is 11.9 Å². The second-order valence-corrected chi connectivity index (χ2v) is 5.39. The van der Waals surface area contributed by atoms with E-state index in [4.69, 9.17) is 10.2 Å². The third-order valence-electron chi connectivity index (χ3n) is 3.39. The Hall–Kier alpha value is -1.50. The molecular weight excluding hydrogens is 268 g/mol. The van der Waals surface area contributed by atoms with E-state index in [2.05, 4.69) is 11.8 Å². The number of rotatable bonds is 13. The molecule has 0 aromatic heterocycles. The summed E-state index contributed by atoms with van der Waals surface area (Å²) < 4.78 is 0. The van der Waals surface area contributed by atoms with Gasteiger partial charge in [-0.05, 0) is 12.8 Å². The topological polar surface area (TPSA) is 74.6 Å². The zero-order chi connectivity index (χ0) is 15.8. The van der Waals surface area contributed by atoms with Crippen LogP contribution in [0.25, 0.3) is 0 Å². The summed E-state index contributed by atoms with van der Waals surface area (Å²) >= 11 is 0. The first-order valence-corrected chi connectivity index (χ1v) is 8.06. The summed E-state index contributed by atoms with van der Waals surface area (Å²) in [5.74, 6) is 3.03. The van der Waals surface area contributed by atoms with Crippen molar-refractivity contribution in [3.05, 3.63) is 0 Å². The highest BCUT2D eigenvalue weighted by Gasteiger charge is 1.96. The Morgan fingerprint density at radius 3 is 1.52 bits per heavy atom. The maximum absolute atomic E-state index is 10.3. The molecule has 0 aliphatic heterocycles. The van der Waals surface area contributed by atoms with Crippen LogP contribution in [0.2, 0.25) is 0 Å². The highest BCUT2D eigenvalue weighted by Crippen LogP contribution is 2.12. The summed E-state index contributed by atoms with van der Waals surface area (Å²) in [6, 6.07) is 0. The fraction of sp³-hybridized carbons (Fsp3) is 0.765. The molecule has 0 aliphatic rings. The van der Waals surface area contributed by atoms with Gasteiger partial charge in [0.15, 0.2) is 0 Å². The van der Waals surface area contributed by atoms with E-state index < -0.39 is 11.9 Å². The maximum Gasteiger partial charge on any atom is 0.381 e. The van der Waals surface area contributed by atoms with Crippen molar-refractivity contribution in [3.8, 4) is 11.8 Å². The Morgan fingerprint density at radius 1 is 0.667 bits per heavy atom. The van der Waals surface area contributed by atoms with E-state index in [1.807, 2.05) is 0 Å². The van der Waals surface area contributed by atoms with Crippen LogP contribution < -0.4 is 0 Å². The van der Waals surface area contributed by atoms with Gasteiger partial charge in [-0.3, -0.25) is 4.79 Å². The van der Waals surface area contributed by atoms with Crippen LogP contribution in [0.4, 0.5) is 0 Å². The lowest BCUT2D eigenvalue weighted by molar-refractivity contribution is -0.137. The predicted octanol–water partition coefficient (Wildman–Crippen LogP) is 4.23. The van der Waals surface area contributed by atoms with Crippen LogP contribution in [0.3, 0.4) is 0 Å². The van der Waals surface area contributed by atoms with Gasteiger partial charge >= 0.3 is 11.9 Å². The summed E-state index contributed by atoms with van der Waals surface area (Å²) in [5, 5.41) is 16.8. The molecular formula is C17H28O4. The standard InChI is InChI=1S/C17H28O4/c18-16(19)14-12-10-8-6-4-2-1-3-5-7-9-11-13-15-17(20)21/h1-12,14H2,(H,18,19)(H,20,21). The largest absolute Gasteiger partial charge is 0.481 e. The molecule has 0 heterocycles. The van der Waals surface area contributed by atoms with E-state index in [0.29, 0.717) is 12.8 Å². The zero-order valence-corrected chi connectivity index (χ0v) is 12.9. The third kappa shape index (κ3) is 18.5. The fourth-order valence-corrected chi connectivity index (χ4v) is 2.22. The van der Waals surface area contributed by atoms with Crippen molar-refractivity contribution in [2.24, 2.45) is 0 Å². The molecule has 0 bridgehead atoms. The fourth-order valence-electron chi connectivity index (χ4n) is 2.22. The van der Waals surface area contributed by atoms with Crippen molar-refractivity contribution in [1.29, 1.82) is 0 Å². The zero-order valence-electron chi connectivity index (χ0n) is 12.9. The summed E-state index contributed by atoms with van der Waals surface area (Å²) in [5.41, 5.74) is 0. The lowest BCUT2D eigenvalue weighted by Crippen LogP contribution is -1.93. The van der Waals surface area contributed by atoms with E-state index in [-0.39, 0.29) is 0 Å². The third-order valence-corrected chi connectivity index (χ3v) is 3.39. The summed E-state index contributed by atoms with van der Waals surface area (Å²) in [6.07, 6.45) is 13.5. The van der Waals surface area contributed by atoms with E-state index in [0.717, 1.165) is 32.1 Å². The lowest BCUT2D eigenvalue weighted by atomic mass is 10.0. The second kappa shape index (κ2) is 14.9. The Kier molecular flexibility index (Phi) is 13.8. The van der Waals surface area contributed by atoms with Gasteiger partial charge in [-0.25, -0.2) is 4.79 Å². The predicted molar refractivity (Wildman–Crippen MR) is 83.1 cm³/mol. The summed E-state index contributed by atoms with van der Waals surface area (Å²) in [4.78, 5) is 20.5. The number of hydrogen-bond acceptors (Lipinski definition) is 2. The van der Waals surface area contributed by atoms with Crippen molar-refractivity contribution in [2.45, 2.75) is 83.5 Å². The average Bonchev–Trinajstić information content (AvgIpc) is 2.42. The van der Waals surface area contributed by atoms with Gasteiger partial charge in [0.1, 0.15) is 0 Å². The van der Waals surface area contributed by atoms with Crippen molar-refractivity contribution < 1.29 is 19.8 Å². The van der Waals surface area contributed by atoms with E-state index in [1.165, 1.54) is 38.5 Å². The molecule has 0 aromatic carbocycles. The molecule has 0 unspecified atom stereocenters. The molecule has 0 rings (SSSR count). The molecule has 0 aliphatic carbocycles. The highest BCUT2D eigenvalue weighted by molar-refractivity contribution is 5.86. The number of aliphatic carboxylic acids is 2. The van der Waals surface area contributed by atoms with Gasteiger partial charge in [-0.1, -0.05) is 63.7 Å². The van der Waals surface area contributed by atoms with Gasteiger partial charge in [0.25, 0.3) is 0 Å². The first-order valence-electron chi connectivity index (χ1n) is 8.06. The van der Waals surface area contributed by atoms with Crippen LogP contribution in [0.1, 0.15) is 83.5 Å². The number of carboxylic acid groups (broad SMARTS) is 2. The smallest absolute Gasteiger partial charge is 0.381 e. The molecule has 0 saturated heterocycles. The number of hydrogen-bond donors (Lipinski definition) is 2. The lowest BCUT2D eigenvalue weighted by Gasteiger charge is -2.02. The van der Waals surface area contributed by atoms with Gasteiger partial charge in [0.05, 0.1) is 0 Å². The Labute approximate surface area is 127 Å². The van der Waals surface area contributed by atoms with Crippen LogP contribution in [0.15, 0.2) is 0 Å². The minimum Gasteiger partial charge on any atom is -0.481 e. The number of unbranched alkanes of at least 4 members (excludes halogenated alkanes) is 11. The van der Waals surface area contributed by atoms with Crippen LogP contribution >= 0.6 is 0 Å². The molecule has 0 amide bonds. The number of carbonyl (C=O) groups is 2. The SMILES string of the molecule is O=C(O)C#CCCCCCCCCCCCCCC(=O)O. The molecule has 21 heavy (non-hydrogen) atoms. The molecule has 2 N–H and O–H groups in total. The van der Waals surface area contributed by atoms with E-state index >= 15 is 0 Å². The van der Waals surface area contributed by atoms with Gasteiger partial charge in [0, 0.05) is 18.8 Å². The van der Waals surface area contributed by atoms with Crippen LogP contribution in [-0.4, -0.2) is 22.2 Å². The minimum atomic E-state index is -1.04. The molecule has 0 aromatic rings. The van der Waals surface area contributed by atoms with Gasteiger partial charge in [-0.15, -0.1) is 0 Å². The average molecular weight is 296 g/mol. The molecule has 120 valence electrons. The van der Waals surface area contributed by atoms with Crippen molar-refractivity contribution in [1.82, 2.24) is 0 Å². The molecule has 0 saturated carbocycles. The Morgan fingerprint density at radius 2 is 1.10 bits per heavy atom. The molecule has 4 nitrogen and oxygen atoms in total. The van der Waals surface area contributed by atoms with Gasteiger partial charge in [-0.2, -0.15) is 0 Å². The van der Waals surface area contributed by atoms with Crippen molar-refractivity contribution in [2.75, 3.05) is 0 Å². The molecule has 4 heteroatoms. The van der Waals surface area contributed by atoms with Gasteiger partial charge in [0.2, 0.25) is 0 Å². The van der Waals surface area contributed by atoms with Crippen LogP contribution in [0, 0.1) is 11.8 Å². The summed E-state index contributed by atoms with van der Waals surface area (Å²) in [6.45, 7) is 0. The Bertz CT molecular complexity index is 338. The first-order chi connectivity index (χ1) is 10.1. The van der Waals surface area contributed by atoms with E-state index in [9.17, 15) is 9.59 Å². The molecule has 0 radical (unpaired) electrons. The molecule has 0 spiro atoms.